The summed E-state index contributed by atoms with van der Waals surface area (Å²) in [5.74, 6) is 1.10. The van der Waals surface area contributed by atoms with Crippen LogP contribution in [0.15, 0.2) is 48.5 Å². The molecule has 2 aromatic carbocycles. The number of methoxy groups -OCH3 is 1. The van der Waals surface area contributed by atoms with Crippen molar-refractivity contribution in [1.82, 2.24) is 0 Å². The largest absolute Gasteiger partial charge is 0.493 e. The molecule has 164 valence electrons. The van der Waals surface area contributed by atoms with Gasteiger partial charge in [-0.1, -0.05) is 88.3 Å². The van der Waals surface area contributed by atoms with Gasteiger partial charge in [0.15, 0.2) is 17.3 Å². The Kier molecular flexibility index (Phi) is 11.0. The number of carbonyl (C=O) groups is 1. The fourth-order valence-corrected chi connectivity index (χ4v) is 3.45. The van der Waals surface area contributed by atoms with Crippen molar-refractivity contribution in [3.63, 3.8) is 0 Å². The summed E-state index contributed by atoms with van der Waals surface area (Å²) < 4.78 is 11.3. The third-order valence-electron chi connectivity index (χ3n) is 5.30. The molecule has 0 spiro atoms. The van der Waals surface area contributed by atoms with Crippen molar-refractivity contribution in [3.8, 4) is 11.5 Å². The molecular weight excluding hydrogens is 376 g/mol. The van der Waals surface area contributed by atoms with E-state index >= 15 is 0 Å². The number of aliphatic hydroxyl groups excluding tert-OH is 1. The maximum Gasteiger partial charge on any atom is 0.165 e. The third kappa shape index (κ3) is 8.58. The van der Waals surface area contributed by atoms with E-state index < -0.39 is 6.10 Å². The topological polar surface area (TPSA) is 55.8 Å². The zero-order valence-electron chi connectivity index (χ0n) is 18.4. The van der Waals surface area contributed by atoms with Gasteiger partial charge in [-0.3, -0.25) is 4.79 Å². The number of hydrogen-bond acceptors (Lipinski definition) is 4. The van der Waals surface area contributed by atoms with Crippen molar-refractivity contribution in [2.45, 2.75) is 77.4 Å². The number of Topliss-reactive ketones (excluding diaryl/α,β-unsaturated/α-hetero) is 1. The lowest BCUT2D eigenvalue weighted by Gasteiger charge is -2.13. The lowest BCUT2D eigenvalue weighted by Crippen LogP contribution is -2.22. The monoisotopic (exact) mass is 412 g/mol. The van der Waals surface area contributed by atoms with Crippen LogP contribution in [0.5, 0.6) is 11.5 Å². The number of benzene rings is 2. The Balaban J connectivity index is 1.78. The molecule has 4 heteroatoms. The second-order valence-corrected chi connectivity index (χ2v) is 7.83. The average Bonchev–Trinajstić information content (AvgIpc) is 2.78. The molecule has 4 nitrogen and oxygen atoms in total. The first-order valence-corrected chi connectivity index (χ1v) is 11.2. The number of unbranched alkanes of at least 4 members (excludes halogenated alkanes) is 6. The molecule has 0 aliphatic rings. The molecule has 0 fully saturated rings. The van der Waals surface area contributed by atoms with Crippen molar-refractivity contribution in [2.24, 2.45) is 0 Å². The molecular formula is C26H36O4. The third-order valence-corrected chi connectivity index (χ3v) is 5.30. The van der Waals surface area contributed by atoms with Gasteiger partial charge >= 0.3 is 0 Å². The molecule has 1 atom stereocenters. The summed E-state index contributed by atoms with van der Waals surface area (Å²) in [6.07, 6.45) is 8.09. The summed E-state index contributed by atoms with van der Waals surface area (Å²) in [5, 5.41) is 10.2. The van der Waals surface area contributed by atoms with E-state index in [1.54, 1.807) is 7.11 Å². The van der Waals surface area contributed by atoms with Crippen molar-refractivity contribution in [2.75, 3.05) is 7.11 Å². The van der Waals surface area contributed by atoms with Crippen molar-refractivity contribution in [1.29, 1.82) is 0 Å². The predicted molar refractivity (Wildman–Crippen MR) is 121 cm³/mol. The Labute approximate surface area is 181 Å². The van der Waals surface area contributed by atoms with E-state index in [4.69, 9.17) is 9.47 Å². The van der Waals surface area contributed by atoms with Gasteiger partial charge in [0.25, 0.3) is 0 Å². The molecule has 0 heterocycles. The highest BCUT2D eigenvalue weighted by molar-refractivity contribution is 5.85. The quantitative estimate of drug-likeness (QED) is 0.371. The molecule has 2 aromatic rings. The number of rotatable bonds is 15. The maximum absolute atomic E-state index is 12.4. The first-order chi connectivity index (χ1) is 14.6. The highest BCUT2D eigenvalue weighted by atomic mass is 16.5. The zero-order valence-corrected chi connectivity index (χ0v) is 18.4. The summed E-state index contributed by atoms with van der Waals surface area (Å²) in [6, 6.07) is 15.4. The zero-order chi connectivity index (χ0) is 21.6. The highest BCUT2D eigenvalue weighted by Crippen LogP contribution is 2.29. The number of hydrogen-bond donors (Lipinski definition) is 1. The molecule has 30 heavy (non-hydrogen) atoms. The van der Waals surface area contributed by atoms with Gasteiger partial charge in [-0.25, -0.2) is 0 Å². The van der Waals surface area contributed by atoms with E-state index in [0.29, 0.717) is 24.5 Å². The molecule has 0 aromatic heterocycles. The van der Waals surface area contributed by atoms with Crippen LogP contribution in [-0.2, 0) is 17.8 Å². The summed E-state index contributed by atoms with van der Waals surface area (Å²) in [4.78, 5) is 12.4. The highest BCUT2D eigenvalue weighted by Gasteiger charge is 2.16. The molecule has 1 N–H and O–H groups in total. The first kappa shape index (κ1) is 23.9. The second kappa shape index (κ2) is 13.8. The van der Waals surface area contributed by atoms with E-state index in [9.17, 15) is 9.90 Å². The van der Waals surface area contributed by atoms with E-state index in [2.05, 4.69) is 6.92 Å². The second-order valence-electron chi connectivity index (χ2n) is 7.83. The van der Waals surface area contributed by atoms with Gasteiger partial charge < -0.3 is 14.6 Å². The van der Waals surface area contributed by atoms with Crippen molar-refractivity contribution >= 4 is 5.78 Å². The Hall–Kier alpha value is -2.33. The van der Waals surface area contributed by atoms with E-state index in [0.717, 1.165) is 24.0 Å². The molecule has 0 amide bonds. The van der Waals surface area contributed by atoms with Crippen LogP contribution in [0.3, 0.4) is 0 Å². The number of aliphatic hydroxyl groups is 1. The molecule has 0 saturated heterocycles. The van der Waals surface area contributed by atoms with Gasteiger partial charge in [-0.2, -0.15) is 0 Å². The SMILES string of the molecule is CCCCCCCCCC(O)C(=O)Cc1ccc(OCc2ccccc2)c(OC)c1. The van der Waals surface area contributed by atoms with Gasteiger partial charge in [0.05, 0.1) is 7.11 Å². The molecule has 0 aliphatic carbocycles. The Bertz CT molecular complexity index is 742. The first-order valence-electron chi connectivity index (χ1n) is 11.2. The lowest BCUT2D eigenvalue weighted by atomic mass is 10.00. The summed E-state index contributed by atoms with van der Waals surface area (Å²) >= 11 is 0. The average molecular weight is 413 g/mol. The fraction of sp³-hybridized carbons (Fsp3) is 0.500. The van der Waals surface area contributed by atoms with Crippen LogP contribution in [0.25, 0.3) is 0 Å². The molecule has 0 saturated carbocycles. The molecule has 0 bridgehead atoms. The Morgan fingerprint density at radius 3 is 2.30 bits per heavy atom. The number of ketones is 1. The van der Waals surface area contributed by atoms with Crippen LogP contribution in [0.1, 0.15) is 69.4 Å². The van der Waals surface area contributed by atoms with Gasteiger partial charge in [-0.05, 0) is 29.7 Å². The van der Waals surface area contributed by atoms with Gasteiger partial charge in [0.1, 0.15) is 12.7 Å². The molecule has 2 rings (SSSR count). The predicted octanol–water partition coefficient (Wildman–Crippen LogP) is 5.89. The number of carbonyl (C=O) groups excluding carboxylic acids is 1. The summed E-state index contributed by atoms with van der Waals surface area (Å²) in [5.41, 5.74) is 1.90. The summed E-state index contributed by atoms with van der Waals surface area (Å²) in [6.45, 7) is 2.66. The van der Waals surface area contributed by atoms with E-state index in [1.807, 2.05) is 48.5 Å². The van der Waals surface area contributed by atoms with Crippen molar-refractivity contribution < 1.29 is 19.4 Å². The standard InChI is InChI=1S/C26H36O4/c1-3-4-5-6-7-8-12-15-23(27)24(28)18-22-16-17-25(26(19-22)29-2)30-20-21-13-10-9-11-14-21/h9-11,13-14,16-17,19,23,27H,3-8,12,15,18,20H2,1-2H3. The normalized spacial score (nSPS) is 11.8. The molecule has 1 unspecified atom stereocenters. The number of ether oxygens (including phenoxy) is 2. The van der Waals surface area contributed by atoms with Crippen LogP contribution in [0.2, 0.25) is 0 Å². The van der Waals surface area contributed by atoms with Crippen molar-refractivity contribution in [3.05, 3.63) is 59.7 Å². The lowest BCUT2D eigenvalue weighted by molar-refractivity contribution is -0.126. The van der Waals surface area contributed by atoms with Gasteiger partial charge in [0.2, 0.25) is 0 Å². The minimum Gasteiger partial charge on any atom is -0.493 e. The minimum absolute atomic E-state index is 0.138. The smallest absolute Gasteiger partial charge is 0.165 e. The molecule has 0 radical (unpaired) electrons. The maximum atomic E-state index is 12.4. The van der Waals surface area contributed by atoms with E-state index in [1.165, 1.54) is 32.1 Å². The Morgan fingerprint density at radius 2 is 1.60 bits per heavy atom. The molecule has 0 aliphatic heterocycles. The van der Waals surface area contributed by atoms with Crippen LogP contribution < -0.4 is 9.47 Å². The Morgan fingerprint density at radius 1 is 0.900 bits per heavy atom. The van der Waals surface area contributed by atoms with Crippen LogP contribution >= 0.6 is 0 Å². The summed E-state index contributed by atoms with van der Waals surface area (Å²) in [7, 11) is 1.59. The van der Waals surface area contributed by atoms with Gasteiger partial charge in [-0.15, -0.1) is 0 Å². The van der Waals surface area contributed by atoms with Crippen LogP contribution in [0, 0.1) is 0 Å². The van der Waals surface area contributed by atoms with E-state index in [-0.39, 0.29) is 12.2 Å². The van der Waals surface area contributed by atoms with Gasteiger partial charge in [0, 0.05) is 6.42 Å². The fourth-order valence-electron chi connectivity index (χ4n) is 3.45. The van der Waals surface area contributed by atoms with Crippen LogP contribution in [-0.4, -0.2) is 24.1 Å². The van der Waals surface area contributed by atoms with Crippen LogP contribution in [0.4, 0.5) is 0 Å². The minimum atomic E-state index is -0.888.